The van der Waals surface area contributed by atoms with Gasteiger partial charge >= 0.3 is 0 Å². The van der Waals surface area contributed by atoms with Crippen molar-refractivity contribution in [2.24, 2.45) is 0 Å². The maximum atomic E-state index is 6.41. The van der Waals surface area contributed by atoms with E-state index in [2.05, 4.69) is 129 Å². The third kappa shape index (κ3) is 3.71. The van der Waals surface area contributed by atoms with Crippen LogP contribution in [0.15, 0.2) is 120 Å². The maximum absolute atomic E-state index is 6.41. The van der Waals surface area contributed by atoms with Crippen molar-refractivity contribution in [3.05, 3.63) is 138 Å². The van der Waals surface area contributed by atoms with Crippen LogP contribution in [0.3, 0.4) is 0 Å². The highest BCUT2D eigenvalue weighted by Gasteiger charge is 2.36. The SMILES string of the molecule is C=C(c1c(CCC)oc2ccccc12)N(c1ccc2c(c1)C(C)(C)c1ccccc1-2)c1ccc2ccccc2c1. The van der Waals surface area contributed by atoms with Gasteiger partial charge in [0.25, 0.3) is 0 Å². The van der Waals surface area contributed by atoms with Crippen molar-refractivity contribution in [3.63, 3.8) is 0 Å². The Kier molecular flexibility index (Phi) is 5.68. The molecule has 0 fully saturated rings. The summed E-state index contributed by atoms with van der Waals surface area (Å²) in [4.78, 5) is 2.32. The summed E-state index contributed by atoms with van der Waals surface area (Å²) in [5, 5.41) is 3.54. The van der Waals surface area contributed by atoms with Crippen LogP contribution < -0.4 is 4.90 Å². The number of fused-ring (bicyclic) bond motifs is 5. The van der Waals surface area contributed by atoms with Gasteiger partial charge in [-0.05, 0) is 69.8 Å². The molecule has 2 heteroatoms. The molecule has 0 radical (unpaired) electrons. The topological polar surface area (TPSA) is 16.4 Å². The van der Waals surface area contributed by atoms with Gasteiger partial charge in [-0.2, -0.15) is 0 Å². The number of hydrogen-bond donors (Lipinski definition) is 0. The second-order valence-electron chi connectivity index (χ2n) is 11.4. The molecule has 1 heterocycles. The zero-order valence-corrected chi connectivity index (χ0v) is 23.4. The van der Waals surface area contributed by atoms with Crippen LogP contribution in [-0.2, 0) is 11.8 Å². The first-order valence-electron chi connectivity index (χ1n) is 14.2. The van der Waals surface area contributed by atoms with E-state index in [0.29, 0.717) is 0 Å². The quantitative estimate of drug-likeness (QED) is 0.218. The van der Waals surface area contributed by atoms with E-state index in [1.807, 2.05) is 6.07 Å². The fourth-order valence-electron chi connectivity index (χ4n) is 6.54. The monoisotopic (exact) mass is 519 g/mol. The van der Waals surface area contributed by atoms with Crippen LogP contribution in [0.4, 0.5) is 11.4 Å². The number of aryl methyl sites for hydroxylation is 1. The molecular formula is C38H33NO. The van der Waals surface area contributed by atoms with Gasteiger partial charge in [0.1, 0.15) is 11.3 Å². The van der Waals surface area contributed by atoms with Gasteiger partial charge in [0, 0.05) is 34.2 Å². The minimum absolute atomic E-state index is 0.0893. The minimum atomic E-state index is -0.0893. The van der Waals surface area contributed by atoms with Gasteiger partial charge in [-0.15, -0.1) is 0 Å². The molecule has 0 aliphatic heterocycles. The Morgan fingerprint density at radius 3 is 2.25 bits per heavy atom. The van der Waals surface area contributed by atoms with Crippen molar-refractivity contribution in [2.75, 3.05) is 4.90 Å². The van der Waals surface area contributed by atoms with Gasteiger partial charge in [0.05, 0.1) is 5.70 Å². The number of anilines is 2. The molecule has 0 N–H and O–H groups in total. The third-order valence-electron chi connectivity index (χ3n) is 8.52. The van der Waals surface area contributed by atoms with Gasteiger partial charge in [0.15, 0.2) is 0 Å². The van der Waals surface area contributed by atoms with Crippen LogP contribution in [0, 0.1) is 0 Å². The molecule has 2 nitrogen and oxygen atoms in total. The molecule has 0 atom stereocenters. The second-order valence-corrected chi connectivity index (χ2v) is 11.4. The maximum Gasteiger partial charge on any atom is 0.134 e. The summed E-state index contributed by atoms with van der Waals surface area (Å²) in [6.07, 6.45) is 1.86. The lowest BCUT2D eigenvalue weighted by Crippen LogP contribution is -2.18. The molecule has 0 spiro atoms. The second kappa shape index (κ2) is 9.27. The van der Waals surface area contributed by atoms with Gasteiger partial charge in [0.2, 0.25) is 0 Å². The molecule has 1 aromatic heterocycles. The predicted octanol–water partition coefficient (Wildman–Crippen LogP) is 10.7. The van der Waals surface area contributed by atoms with Gasteiger partial charge in [-0.1, -0.05) is 106 Å². The first-order valence-corrected chi connectivity index (χ1v) is 14.2. The summed E-state index contributed by atoms with van der Waals surface area (Å²) in [7, 11) is 0. The summed E-state index contributed by atoms with van der Waals surface area (Å²) in [6.45, 7) is 11.6. The van der Waals surface area contributed by atoms with Crippen molar-refractivity contribution in [1.82, 2.24) is 0 Å². The van der Waals surface area contributed by atoms with Crippen molar-refractivity contribution in [2.45, 2.75) is 39.0 Å². The van der Waals surface area contributed by atoms with Crippen molar-refractivity contribution < 1.29 is 4.42 Å². The molecule has 7 rings (SSSR count). The predicted molar refractivity (Wildman–Crippen MR) is 169 cm³/mol. The summed E-state index contributed by atoms with van der Waals surface area (Å²) in [6, 6.07) is 39.3. The first kappa shape index (κ1) is 24.5. The first-order chi connectivity index (χ1) is 19.5. The zero-order valence-electron chi connectivity index (χ0n) is 23.4. The molecule has 1 aliphatic carbocycles. The Morgan fingerprint density at radius 1 is 0.725 bits per heavy atom. The van der Waals surface area contributed by atoms with Gasteiger partial charge < -0.3 is 9.32 Å². The highest BCUT2D eigenvalue weighted by Crippen LogP contribution is 2.51. The summed E-state index contributed by atoms with van der Waals surface area (Å²) < 4.78 is 6.41. The normalized spacial score (nSPS) is 13.4. The van der Waals surface area contributed by atoms with Gasteiger partial charge in [-0.3, -0.25) is 0 Å². The van der Waals surface area contributed by atoms with E-state index in [0.717, 1.165) is 52.2 Å². The lowest BCUT2D eigenvalue weighted by Gasteiger charge is -2.30. The Hall–Kier alpha value is -4.56. The lowest BCUT2D eigenvalue weighted by atomic mass is 9.82. The van der Waals surface area contributed by atoms with Crippen molar-refractivity contribution >= 4 is 38.8 Å². The van der Waals surface area contributed by atoms with E-state index in [-0.39, 0.29) is 5.41 Å². The van der Waals surface area contributed by atoms with E-state index < -0.39 is 0 Å². The number of rotatable bonds is 6. The highest BCUT2D eigenvalue weighted by molar-refractivity contribution is 6.00. The lowest BCUT2D eigenvalue weighted by molar-refractivity contribution is 0.543. The van der Waals surface area contributed by atoms with Crippen LogP contribution in [0.25, 0.3) is 38.6 Å². The number of benzene rings is 5. The van der Waals surface area contributed by atoms with Crippen LogP contribution in [0.2, 0.25) is 0 Å². The molecule has 6 aromatic rings. The van der Waals surface area contributed by atoms with Crippen molar-refractivity contribution in [3.8, 4) is 11.1 Å². The largest absolute Gasteiger partial charge is 0.460 e. The fourth-order valence-corrected chi connectivity index (χ4v) is 6.54. The summed E-state index contributed by atoms with van der Waals surface area (Å²) in [5.74, 6) is 0.994. The molecule has 0 unspecified atom stereocenters. The smallest absolute Gasteiger partial charge is 0.134 e. The summed E-state index contributed by atoms with van der Waals surface area (Å²) in [5.41, 5.74) is 10.4. The minimum Gasteiger partial charge on any atom is -0.460 e. The number of hydrogen-bond acceptors (Lipinski definition) is 2. The van der Waals surface area contributed by atoms with E-state index in [4.69, 9.17) is 11.0 Å². The molecular weight excluding hydrogens is 486 g/mol. The third-order valence-corrected chi connectivity index (χ3v) is 8.52. The molecule has 0 amide bonds. The number of para-hydroxylation sites is 1. The average Bonchev–Trinajstić information content (AvgIpc) is 3.45. The van der Waals surface area contributed by atoms with Crippen LogP contribution in [0.5, 0.6) is 0 Å². The Bertz CT molecular complexity index is 1920. The summed E-state index contributed by atoms with van der Waals surface area (Å²) >= 11 is 0. The van der Waals surface area contributed by atoms with Crippen LogP contribution >= 0.6 is 0 Å². The molecule has 0 saturated heterocycles. The fraction of sp³-hybridized carbons (Fsp3) is 0.158. The molecule has 0 bridgehead atoms. The van der Waals surface area contributed by atoms with Crippen LogP contribution in [-0.4, -0.2) is 0 Å². The van der Waals surface area contributed by atoms with E-state index in [1.165, 1.54) is 33.0 Å². The van der Waals surface area contributed by atoms with Crippen LogP contribution in [0.1, 0.15) is 49.6 Å². The number of furan rings is 1. The van der Waals surface area contributed by atoms with Crippen molar-refractivity contribution in [1.29, 1.82) is 0 Å². The average molecular weight is 520 g/mol. The molecule has 0 saturated carbocycles. The molecule has 1 aliphatic rings. The zero-order chi connectivity index (χ0) is 27.4. The van der Waals surface area contributed by atoms with E-state index >= 15 is 0 Å². The molecule has 40 heavy (non-hydrogen) atoms. The Labute approximate surface area is 236 Å². The highest BCUT2D eigenvalue weighted by atomic mass is 16.3. The standard InChI is InChI=1S/C38H33NO/c1-5-12-36-37(32-16-9-11-18-35(32)40-36)25(2)39(28-20-19-26-13-6-7-14-27(26)23-28)29-21-22-31-30-15-8-10-17-33(30)38(3,4)34(31)24-29/h6-11,13-24H,2,5,12H2,1,3-4H3. The molecule has 196 valence electrons. The van der Waals surface area contributed by atoms with E-state index in [9.17, 15) is 0 Å². The Balaban J connectivity index is 1.45. The Morgan fingerprint density at radius 2 is 1.40 bits per heavy atom. The van der Waals surface area contributed by atoms with E-state index in [1.54, 1.807) is 0 Å². The molecule has 5 aromatic carbocycles. The van der Waals surface area contributed by atoms with Gasteiger partial charge in [-0.25, -0.2) is 0 Å². The number of nitrogens with zero attached hydrogens (tertiary/aromatic N) is 1.